The SMILES string of the molecule is NNC(=O)c1csc(NN=C(CC(=O)c2ccc(Br)cc2)C(F)(F)F)n1. The predicted octanol–water partition coefficient (Wildman–Crippen LogP) is 3.11. The zero-order chi connectivity index (χ0) is 19.3. The Kier molecular flexibility index (Phi) is 6.45. The van der Waals surface area contributed by atoms with E-state index >= 15 is 0 Å². The number of nitrogens with one attached hydrogen (secondary N) is 2. The molecule has 0 bridgehead atoms. The van der Waals surface area contributed by atoms with Gasteiger partial charge in [-0.1, -0.05) is 28.1 Å². The first-order valence-electron chi connectivity index (χ1n) is 6.85. The number of hydrazine groups is 1. The van der Waals surface area contributed by atoms with Gasteiger partial charge in [0.05, 0.1) is 6.42 Å². The molecule has 26 heavy (non-hydrogen) atoms. The number of nitrogen functional groups attached to an aromatic ring is 1. The number of nitrogens with zero attached hydrogens (tertiary/aromatic N) is 2. The average Bonchev–Trinajstić information content (AvgIpc) is 3.06. The zero-order valence-corrected chi connectivity index (χ0v) is 15.2. The van der Waals surface area contributed by atoms with E-state index in [9.17, 15) is 22.8 Å². The lowest BCUT2D eigenvalue weighted by atomic mass is 10.1. The van der Waals surface area contributed by atoms with Crippen molar-refractivity contribution >= 4 is 49.8 Å². The summed E-state index contributed by atoms with van der Waals surface area (Å²) in [5.41, 5.74) is 2.69. The van der Waals surface area contributed by atoms with Crippen molar-refractivity contribution in [1.29, 1.82) is 0 Å². The van der Waals surface area contributed by atoms with Crippen LogP contribution in [-0.4, -0.2) is 28.6 Å². The number of ketones is 1. The molecule has 4 N–H and O–H groups in total. The fourth-order valence-electron chi connectivity index (χ4n) is 1.71. The van der Waals surface area contributed by atoms with Crippen molar-refractivity contribution in [2.75, 3.05) is 5.43 Å². The molecule has 1 aromatic carbocycles. The Hall–Kier alpha value is -2.31. The lowest BCUT2D eigenvalue weighted by Crippen LogP contribution is -2.30. The van der Waals surface area contributed by atoms with Crippen LogP contribution in [0.2, 0.25) is 0 Å². The second kappa shape index (κ2) is 8.38. The number of hydrazone groups is 1. The molecule has 0 spiro atoms. The largest absolute Gasteiger partial charge is 0.431 e. The molecule has 2 rings (SSSR count). The van der Waals surface area contributed by atoms with Crippen LogP contribution in [0.3, 0.4) is 0 Å². The Labute approximate surface area is 157 Å². The molecule has 1 aromatic heterocycles. The summed E-state index contributed by atoms with van der Waals surface area (Å²) < 4.78 is 40.1. The van der Waals surface area contributed by atoms with Crippen molar-refractivity contribution < 1.29 is 22.8 Å². The summed E-state index contributed by atoms with van der Waals surface area (Å²) in [7, 11) is 0. The molecule has 7 nitrogen and oxygen atoms in total. The molecular weight excluding hydrogens is 439 g/mol. The number of thiazole rings is 1. The first-order valence-corrected chi connectivity index (χ1v) is 8.53. The molecule has 0 fully saturated rings. The van der Waals surface area contributed by atoms with Crippen LogP contribution >= 0.6 is 27.3 Å². The number of carbonyl (C=O) groups excluding carboxylic acids is 2. The molecule has 0 radical (unpaired) electrons. The number of rotatable bonds is 6. The number of benzene rings is 1. The van der Waals surface area contributed by atoms with E-state index in [0.29, 0.717) is 4.47 Å². The summed E-state index contributed by atoms with van der Waals surface area (Å²) in [5, 5.41) is 4.48. The first-order chi connectivity index (χ1) is 12.2. The number of hydrogen-bond donors (Lipinski definition) is 3. The number of anilines is 1. The molecular formula is C14H11BrF3N5O2S. The monoisotopic (exact) mass is 449 g/mol. The van der Waals surface area contributed by atoms with Gasteiger partial charge in [0.2, 0.25) is 5.13 Å². The summed E-state index contributed by atoms with van der Waals surface area (Å²) in [5.74, 6) is 3.51. The quantitative estimate of drug-likeness (QED) is 0.206. The van der Waals surface area contributed by atoms with Gasteiger partial charge in [0.1, 0.15) is 11.4 Å². The number of alkyl halides is 3. The molecule has 12 heteroatoms. The summed E-state index contributed by atoms with van der Waals surface area (Å²) >= 11 is 4.04. The van der Waals surface area contributed by atoms with Crippen molar-refractivity contribution in [1.82, 2.24) is 10.4 Å². The van der Waals surface area contributed by atoms with E-state index in [1.165, 1.54) is 17.5 Å². The minimum Gasteiger partial charge on any atom is -0.294 e. The van der Waals surface area contributed by atoms with Gasteiger partial charge in [-0.05, 0) is 12.1 Å². The highest BCUT2D eigenvalue weighted by atomic mass is 79.9. The Balaban J connectivity index is 2.15. The number of nitrogens with two attached hydrogens (primary N) is 1. The van der Waals surface area contributed by atoms with Gasteiger partial charge in [-0.3, -0.25) is 20.4 Å². The normalized spacial score (nSPS) is 12.0. The lowest BCUT2D eigenvalue weighted by molar-refractivity contribution is -0.0602. The average molecular weight is 450 g/mol. The Morgan fingerprint density at radius 1 is 1.27 bits per heavy atom. The molecule has 2 aromatic rings. The molecule has 1 amide bonds. The fourth-order valence-corrected chi connectivity index (χ4v) is 2.61. The molecule has 0 saturated heterocycles. The van der Waals surface area contributed by atoms with Crippen LogP contribution < -0.4 is 16.7 Å². The number of carbonyl (C=O) groups is 2. The predicted molar refractivity (Wildman–Crippen MR) is 94.0 cm³/mol. The molecule has 0 aliphatic heterocycles. The Morgan fingerprint density at radius 3 is 2.50 bits per heavy atom. The number of Topliss-reactive ketones (excluding diaryl/α,β-unsaturated/α-hetero) is 1. The lowest BCUT2D eigenvalue weighted by Gasteiger charge is -2.10. The van der Waals surface area contributed by atoms with Crippen molar-refractivity contribution in [3.63, 3.8) is 0 Å². The van der Waals surface area contributed by atoms with Crippen molar-refractivity contribution in [2.45, 2.75) is 12.6 Å². The third-order valence-corrected chi connectivity index (χ3v) is 4.25. The fraction of sp³-hybridized carbons (Fsp3) is 0.143. The third-order valence-electron chi connectivity index (χ3n) is 2.98. The summed E-state index contributed by atoms with van der Waals surface area (Å²) in [6, 6.07) is 5.92. The number of halogens is 4. The standard InChI is InChI=1S/C14H11BrF3N5O2S/c15-8-3-1-7(2-4-8)10(24)5-11(14(16,17)18)22-23-13-20-9(6-26-13)12(25)21-19/h1-4,6H,5,19H2,(H,20,23)(H,21,25). The number of aromatic nitrogens is 1. The highest BCUT2D eigenvalue weighted by molar-refractivity contribution is 9.10. The van der Waals surface area contributed by atoms with Gasteiger partial charge in [0, 0.05) is 15.4 Å². The smallest absolute Gasteiger partial charge is 0.294 e. The molecule has 138 valence electrons. The molecule has 0 unspecified atom stereocenters. The van der Waals surface area contributed by atoms with Crippen molar-refractivity contribution in [3.05, 3.63) is 45.4 Å². The van der Waals surface area contributed by atoms with Gasteiger partial charge >= 0.3 is 6.18 Å². The zero-order valence-electron chi connectivity index (χ0n) is 12.8. The Morgan fingerprint density at radius 2 is 1.92 bits per heavy atom. The van der Waals surface area contributed by atoms with Crippen LogP contribution in [0.4, 0.5) is 18.3 Å². The molecule has 0 aliphatic rings. The summed E-state index contributed by atoms with van der Waals surface area (Å²) in [6.45, 7) is 0. The molecule has 1 heterocycles. The van der Waals surface area contributed by atoms with Crippen molar-refractivity contribution in [3.8, 4) is 0 Å². The second-order valence-corrected chi connectivity index (χ2v) is 6.56. The second-order valence-electron chi connectivity index (χ2n) is 4.79. The topological polar surface area (TPSA) is 109 Å². The summed E-state index contributed by atoms with van der Waals surface area (Å²) in [6.07, 6.45) is -5.76. The van der Waals surface area contributed by atoms with Crippen LogP contribution in [0.15, 0.2) is 39.2 Å². The van der Waals surface area contributed by atoms with Crippen LogP contribution in [0, 0.1) is 0 Å². The van der Waals surface area contributed by atoms with Gasteiger partial charge in [-0.15, -0.1) is 11.3 Å². The van der Waals surface area contributed by atoms with Crippen LogP contribution in [0.5, 0.6) is 0 Å². The van der Waals surface area contributed by atoms with E-state index in [1.807, 2.05) is 5.43 Å². The van der Waals surface area contributed by atoms with Gasteiger partial charge < -0.3 is 0 Å². The number of amides is 1. The maximum atomic E-state index is 13.1. The maximum absolute atomic E-state index is 13.1. The van der Waals surface area contributed by atoms with Gasteiger partial charge in [0.25, 0.3) is 5.91 Å². The third kappa shape index (κ3) is 5.34. The van der Waals surface area contributed by atoms with E-state index in [4.69, 9.17) is 5.84 Å². The van der Waals surface area contributed by atoms with Crippen molar-refractivity contribution in [2.24, 2.45) is 10.9 Å². The number of hydrogen-bond acceptors (Lipinski definition) is 7. The van der Waals surface area contributed by atoms with E-state index in [0.717, 1.165) is 11.3 Å². The molecule has 0 aliphatic carbocycles. The van der Waals surface area contributed by atoms with E-state index in [1.54, 1.807) is 12.1 Å². The minimum absolute atomic E-state index is 0.0542. The van der Waals surface area contributed by atoms with Gasteiger partial charge in [0.15, 0.2) is 5.78 Å². The maximum Gasteiger partial charge on any atom is 0.431 e. The molecule has 0 saturated carbocycles. The van der Waals surface area contributed by atoms with E-state index < -0.39 is 30.0 Å². The minimum atomic E-state index is -4.81. The van der Waals surface area contributed by atoms with Crippen LogP contribution in [-0.2, 0) is 0 Å². The molecule has 0 atom stereocenters. The van der Waals surface area contributed by atoms with Gasteiger partial charge in [-0.2, -0.15) is 18.3 Å². The van der Waals surface area contributed by atoms with E-state index in [2.05, 4.69) is 31.4 Å². The van der Waals surface area contributed by atoms with Crippen LogP contribution in [0.25, 0.3) is 0 Å². The first kappa shape index (κ1) is 20.0. The Bertz CT molecular complexity index is 836. The van der Waals surface area contributed by atoms with Crippen LogP contribution in [0.1, 0.15) is 27.3 Å². The summed E-state index contributed by atoms with van der Waals surface area (Å²) in [4.78, 5) is 27.1. The van der Waals surface area contributed by atoms with Gasteiger partial charge in [-0.25, -0.2) is 10.8 Å². The van der Waals surface area contributed by atoms with E-state index in [-0.39, 0.29) is 16.4 Å². The highest BCUT2D eigenvalue weighted by Crippen LogP contribution is 2.23. The highest BCUT2D eigenvalue weighted by Gasteiger charge is 2.37.